The average molecular weight is 218 g/mol. The first-order valence-electron chi connectivity index (χ1n) is 5.31. The predicted octanol–water partition coefficient (Wildman–Crippen LogP) is 2.06. The minimum absolute atomic E-state index is 0.211. The fourth-order valence-corrected chi connectivity index (χ4v) is 1.94. The molecule has 86 valence electrons. The number of nitrogens with one attached hydrogen (secondary N) is 1. The summed E-state index contributed by atoms with van der Waals surface area (Å²) < 4.78 is 0. The molecule has 1 atom stereocenters. The highest BCUT2D eigenvalue weighted by Gasteiger charge is 2.19. The maximum atomic E-state index is 3.34. The van der Waals surface area contributed by atoms with E-state index in [1.54, 1.807) is 0 Å². The molecule has 0 spiro atoms. The van der Waals surface area contributed by atoms with Crippen molar-refractivity contribution in [3.8, 4) is 0 Å². The molecule has 0 aromatic rings. The highest BCUT2D eigenvalue weighted by atomic mass is 32.2. The van der Waals surface area contributed by atoms with Crippen LogP contribution in [0.5, 0.6) is 0 Å². The van der Waals surface area contributed by atoms with E-state index >= 15 is 0 Å². The van der Waals surface area contributed by atoms with E-state index in [0.717, 1.165) is 6.54 Å². The van der Waals surface area contributed by atoms with Crippen LogP contribution in [0.4, 0.5) is 0 Å². The SMILES string of the molecule is CNC(C)(C)CN(C)C(C)CCSC. The minimum atomic E-state index is 0.211. The van der Waals surface area contributed by atoms with E-state index in [-0.39, 0.29) is 5.54 Å². The summed E-state index contributed by atoms with van der Waals surface area (Å²) in [5, 5.41) is 3.34. The Bertz CT molecular complexity index is 148. The molecule has 1 unspecified atom stereocenters. The van der Waals surface area contributed by atoms with Crippen molar-refractivity contribution in [1.29, 1.82) is 0 Å². The summed E-state index contributed by atoms with van der Waals surface area (Å²) in [7, 11) is 4.24. The number of thioether (sulfide) groups is 1. The average Bonchev–Trinajstić information content (AvgIpc) is 2.13. The molecular weight excluding hydrogens is 192 g/mol. The van der Waals surface area contributed by atoms with E-state index in [2.05, 4.69) is 44.3 Å². The summed E-state index contributed by atoms with van der Waals surface area (Å²) in [6.45, 7) is 7.89. The van der Waals surface area contributed by atoms with Crippen LogP contribution in [0.2, 0.25) is 0 Å². The second-order valence-corrected chi connectivity index (χ2v) is 5.67. The Balaban J connectivity index is 3.87. The first-order valence-corrected chi connectivity index (χ1v) is 6.70. The number of hydrogen-bond acceptors (Lipinski definition) is 3. The zero-order valence-corrected chi connectivity index (χ0v) is 11.4. The molecule has 2 nitrogen and oxygen atoms in total. The van der Waals surface area contributed by atoms with Crippen molar-refractivity contribution in [2.24, 2.45) is 0 Å². The first kappa shape index (κ1) is 14.3. The number of hydrogen-bond donors (Lipinski definition) is 1. The van der Waals surface area contributed by atoms with E-state index in [1.165, 1.54) is 12.2 Å². The van der Waals surface area contributed by atoms with Crippen molar-refractivity contribution in [2.45, 2.75) is 38.8 Å². The van der Waals surface area contributed by atoms with Crippen molar-refractivity contribution in [3.63, 3.8) is 0 Å². The van der Waals surface area contributed by atoms with Gasteiger partial charge in [-0.25, -0.2) is 0 Å². The number of rotatable bonds is 7. The molecule has 0 aliphatic heterocycles. The monoisotopic (exact) mass is 218 g/mol. The molecule has 0 heterocycles. The molecule has 0 rings (SSSR count). The molecule has 0 aromatic heterocycles. The van der Waals surface area contributed by atoms with Gasteiger partial charge in [-0.3, -0.25) is 0 Å². The molecule has 0 saturated carbocycles. The molecular formula is C11H26N2S. The molecule has 1 N–H and O–H groups in total. The highest BCUT2D eigenvalue weighted by molar-refractivity contribution is 7.98. The van der Waals surface area contributed by atoms with Crippen molar-refractivity contribution < 1.29 is 0 Å². The molecule has 3 heteroatoms. The van der Waals surface area contributed by atoms with Crippen LogP contribution in [0.25, 0.3) is 0 Å². The third kappa shape index (κ3) is 5.89. The van der Waals surface area contributed by atoms with Crippen LogP contribution in [0, 0.1) is 0 Å². The van der Waals surface area contributed by atoms with Gasteiger partial charge in [0.1, 0.15) is 0 Å². The standard InChI is InChI=1S/C11H26N2S/c1-10(7-8-14-6)13(5)9-11(2,3)12-4/h10,12H,7-9H2,1-6H3. The Morgan fingerprint density at radius 3 is 2.43 bits per heavy atom. The molecule has 0 aromatic carbocycles. The van der Waals surface area contributed by atoms with Gasteiger partial charge in [0.2, 0.25) is 0 Å². The molecule has 0 aliphatic rings. The zero-order valence-electron chi connectivity index (χ0n) is 10.6. The normalized spacial score (nSPS) is 14.8. The van der Waals surface area contributed by atoms with E-state index in [4.69, 9.17) is 0 Å². The Morgan fingerprint density at radius 1 is 1.43 bits per heavy atom. The minimum Gasteiger partial charge on any atom is -0.314 e. The van der Waals surface area contributed by atoms with Gasteiger partial charge in [0.25, 0.3) is 0 Å². The van der Waals surface area contributed by atoms with Gasteiger partial charge in [0.05, 0.1) is 0 Å². The molecule has 0 saturated heterocycles. The highest BCUT2D eigenvalue weighted by Crippen LogP contribution is 2.10. The van der Waals surface area contributed by atoms with Crippen molar-refractivity contribution >= 4 is 11.8 Å². The smallest absolute Gasteiger partial charge is 0.0249 e. The van der Waals surface area contributed by atoms with Gasteiger partial charge in [-0.15, -0.1) is 0 Å². The lowest BCUT2D eigenvalue weighted by Gasteiger charge is -2.33. The lowest BCUT2D eigenvalue weighted by atomic mass is 10.0. The lowest BCUT2D eigenvalue weighted by molar-refractivity contribution is 0.193. The fourth-order valence-electron chi connectivity index (χ4n) is 1.37. The van der Waals surface area contributed by atoms with Crippen LogP contribution in [0.15, 0.2) is 0 Å². The van der Waals surface area contributed by atoms with Crippen molar-refractivity contribution in [3.05, 3.63) is 0 Å². The third-order valence-electron chi connectivity index (χ3n) is 2.81. The molecule has 0 amide bonds. The Kier molecular flexibility index (Phi) is 6.83. The molecule has 0 fully saturated rings. The van der Waals surface area contributed by atoms with Gasteiger partial charge in [0.15, 0.2) is 0 Å². The summed E-state index contributed by atoms with van der Waals surface area (Å²) in [4.78, 5) is 2.44. The second kappa shape index (κ2) is 6.70. The first-order chi connectivity index (χ1) is 6.43. The summed E-state index contributed by atoms with van der Waals surface area (Å²) >= 11 is 1.93. The Morgan fingerprint density at radius 2 is 2.00 bits per heavy atom. The van der Waals surface area contributed by atoms with E-state index in [9.17, 15) is 0 Å². The van der Waals surface area contributed by atoms with E-state index in [1.807, 2.05) is 18.8 Å². The van der Waals surface area contributed by atoms with E-state index < -0.39 is 0 Å². The van der Waals surface area contributed by atoms with Crippen molar-refractivity contribution in [1.82, 2.24) is 10.2 Å². The summed E-state index contributed by atoms with van der Waals surface area (Å²) in [5.41, 5.74) is 0.211. The topological polar surface area (TPSA) is 15.3 Å². The van der Waals surface area contributed by atoms with Gasteiger partial charge in [0, 0.05) is 18.1 Å². The molecule has 0 aliphatic carbocycles. The molecule has 0 radical (unpaired) electrons. The molecule has 0 bridgehead atoms. The van der Waals surface area contributed by atoms with Gasteiger partial charge in [-0.1, -0.05) is 0 Å². The van der Waals surface area contributed by atoms with Gasteiger partial charge >= 0.3 is 0 Å². The third-order valence-corrected chi connectivity index (χ3v) is 3.46. The van der Waals surface area contributed by atoms with Gasteiger partial charge in [-0.2, -0.15) is 11.8 Å². The maximum absolute atomic E-state index is 3.34. The van der Waals surface area contributed by atoms with Gasteiger partial charge < -0.3 is 10.2 Å². The molecule has 14 heavy (non-hydrogen) atoms. The van der Waals surface area contributed by atoms with Crippen LogP contribution < -0.4 is 5.32 Å². The predicted molar refractivity (Wildman–Crippen MR) is 68.2 cm³/mol. The van der Waals surface area contributed by atoms with Crippen LogP contribution in [-0.4, -0.2) is 49.1 Å². The Labute approximate surface area is 93.8 Å². The van der Waals surface area contributed by atoms with Crippen LogP contribution in [0.3, 0.4) is 0 Å². The number of likely N-dealkylation sites (N-methyl/N-ethyl adjacent to an activating group) is 2. The Hall–Kier alpha value is 0.270. The van der Waals surface area contributed by atoms with E-state index in [0.29, 0.717) is 6.04 Å². The lowest BCUT2D eigenvalue weighted by Crippen LogP contribution is -2.48. The van der Waals surface area contributed by atoms with Crippen LogP contribution in [-0.2, 0) is 0 Å². The second-order valence-electron chi connectivity index (χ2n) is 4.68. The van der Waals surface area contributed by atoms with Crippen LogP contribution >= 0.6 is 11.8 Å². The summed E-state index contributed by atoms with van der Waals surface area (Å²) in [5.74, 6) is 1.26. The van der Waals surface area contributed by atoms with Gasteiger partial charge in [-0.05, 0) is 53.3 Å². The largest absolute Gasteiger partial charge is 0.314 e. The summed E-state index contributed by atoms with van der Waals surface area (Å²) in [6, 6.07) is 0.676. The van der Waals surface area contributed by atoms with Crippen molar-refractivity contribution in [2.75, 3.05) is 32.6 Å². The zero-order chi connectivity index (χ0) is 11.2. The number of nitrogens with zero attached hydrogens (tertiary/aromatic N) is 1. The fraction of sp³-hybridized carbons (Fsp3) is 1.00. The summed E-state index contributed by atoms with van der Waals surface area (Å²) in [6.07, 6.45) is 3.45. The quantitative estimate of drug-likeness (QED) is 0.704. The van der Waals surface area contributed by atoms with Crippen LogP contribution in [0.1, 0.15) is 27.2 Å². The maximum Gasteiger partial charge on any atom is 0.0249 e.